The molecule has 0 bridgehead atoms. The van der Waals surface area contributed by atoms with Gasteiger partial charge in [0, 0.05) is 30.8 Å². The predicted molar refractivity (Wildman–Crippen MR) is 176 cm³/mol. The summed E-state index contributed by atoms with van der Waals surface area (Å²) in [6, 6.07) is 23.8. The molecule has 1 atom stereocenters. The van der Waals surface area contributed by atoms with E-state index in [1.807, 2.05) is 60.7 Å². The normalized spacial score (nSPS) is 13.1. The summed E-state index contributed by atoms with van der Waals surface area (Å²) in [6.07, 6.45) is 0.114. The number of hydrogen-bond donors (Lipinski definition) is 6. The molecule has 6 N–H and O–H groups in total. The number of carbonyl (C=O) groups is 2. The molecule has 6 rings (SSSR count). The quantitative estimate of drug-likeness (QED) is 0.0789. The second-order valence-corrected chi connectivity index (χ2v) is 11.3. The third-order valence-electron chi connectivity index (χ3n) is 8.04. The monoisotopic (exact) mass is 638 g/mol. The number of oxazole rings is 1. The van der Waals surface area contributed by atoms with E-state index in [-0.39, 0.29) is 36.2 Å². The van der Waals surface area contributed by atoms with Crippen LogP contribution in [-0.2, 0) is 24.3 Å². The highest BCUT2D eigenvalue weighted by molar-refractivity contribution is 5.97. The SMILES string of the molecule is O=C(O)Nc1cc(CCCCn2c(=O)oc3cc(CNCC(O)c4ccc(O)c5c4OCC(=O)N5)ccc32)ccc1-c1ccccc1. The minimum absolute atomic E-state index is 0.141. The number of amides is 2. The number of nitrogens with zero attached hydrogens (tertiary/aromatic N) is 1. The molecule has 0 saturated carbocycles. The van der Waals surface area contributed by atoms with Crippen LogP contribution in [-0.4, -0.2) is 45.0 Å². The summed E-state index contributed by atoms with van der Waals surface area (Å²) < 4.78 is 12.6. The number of aryl methyl sites for hydroxylation is 2. The van der Waals surface area contributed by atoms with Gasteiger partial charge in [-0.05, 0) is 66.3 Å². The molecule has 0 spiro atoms. The lowest BCUT2D eigenvalue weighted by Crippen LogP contribution is -2.27. The highest BCUT2D eigenvalue weighted by Crippen LogP contribution is 2.41. The summed E-state index contributed by atoms with van der Waals surface area (Å²) in [7, 11) is 0. The first-order valence-electron chi connectivity index (χ1n) is 15.2. The molecule has 1 aromatic heterocycles. The van der Waals surface area contributed by atoms with E-state index in [1.54, 1.807) is 16.7 Å². The number of unbranched alkanes of at least 4 members (excludes halogenated alkanes) is 1. The second kappa shape index (κ2) is 13.8. The van der Waals surface area contributed by atoms with Crippen molar-refractivity contribution in [2.45, 2.75) is 38.5 Å². The Morgan fingerprint density at radius 1 is 0.979 bits per heavy atom. The molecule has 242 valence electrons. The first-order valence-corrected chi connectivity index (χ1v) is 15.2. The van der Waals surface area contributed by atoms with Crippen LogP contribution < -0.4 is 26.4 Å². The molecule has 1 unspecified atom stereocenters. The maximum atomic E-state index is 12.7. The lowest BCUT2D eigenvalue weighted by molar-refractivity contribution is -0.118. The second-order valence-electron chi connectivity index (χ2n) is 11.3. The van der Waals surface area contributed by atoms with Gasteiger partial charge < -0.3 is 35.1 Å². The first-order chi connectivity index (χ1) is 22.8. The lowest BCUT2D eigenvalue weighted by Gasteiger charge is -2.23. The van der Waals surface area contributed by atoms with Crippen molar-refractivity contribution in [3.05, 3.63) is 106 Å². The van der Waals surface area contributed by atoms with Crippen LogP contribution in [0.4, 0.5) is 16.2 Å². The van der Waals surface area contributed by atoms with Gasteiger partial charge in [0.05, 0.1) is 17.3 Å². The van der Waals surface area contributed by atoms with Gasteiger partial charge in [-0.2, -0.15) is 0 Å². The highest BCUT2D eigenvalue weighted by Gasteiger charge is 2.25. The van der Waals surface area contributed by atoms with Crippen molar-refractivity contribution in [3.63, 3.8) is 0 Å². The van der Waals surface area contributed by atoms with Crippen molar-refractivity contribution in [1.29, 1.82) is 0 Å². The molecule has 0 aliphatic carbocycles. The minimum Gasteiger partial charge on any atom is -0.506 e. The number of aliphatic hydroxyl groups excluding tert-OH is 1. The Morgan fingerprint density at radius 2 is 1.79 bits per heavy atom. The molecule has 5 aromatic rings. The topological polar surface area (TPSA) is 175 Å². The third kappa shape index (κ3) is 7.13. The fourth-order valence-corrected chi connectivity index (χ4v) is 5.77. The lowest BCUT2D eigenvalue weighted by atomic mass is 9.99. The minimum atomic E-state index is -1.12. The van der Waals surface area contributed by atoms with Crippen LogP contribution in [0.2, 0.25) is 0 Å². The predicted octanol–water partition coefficient (Wildman–Crippen LogP) is 5.23. The summed E-state index contributed by atoms with van der Waals surface area (Å²) >= 11 is 0. The Morgan fingerprint density at radius 3 is 2.60 bits per heavy atom. The molecule has 0 fully saturated rings. The van der Waals surface area contributed by atoms with E-state index in [2.05, 4.69) is 16.0 Å². The first kappa shape index (κ1) is 31.4. The molecule has 12 heteroatoms. The van der Waals surface area contributed by atoms with E-state index in [1.165, 1.54) is 6.07 Å². The standard InChI is InChI=1S/C35H34N4O8/c40-28-14-12-25(33-32(28)38-31(42)20-46-33)29(41)19-36-18-22-10-13-27-30(17-22)47-35(45)39(27)15-5-4-6-21-9-11-24(23-7-2-1-3-8-23)26(16-21)37-34(43)44/h1-3,7-14,16-17,29,36-37,40-41H,4-6,15,18-20H2,(H,38,42)(H,43,44). The molecule has 2 amide bonds. The number of fused-ring (bicyclic) bond motifs is 2. The van der Waals surface area contributed by atoms with Gasteiger partial charge >= 0.3 is 11.8 Å². The molecule has 4 aromatic carbocycles. The fourth-order valence-electron chi connectivity index (χ4n) is 5.77. The summed E-state index contributed by atoms with van der Waals surface area (Å²) in [5.41, 5.74) is 5.83. The van der Waals surface area contributed by atoms with Crippen LogP contribution >= 0.6 is 0 Å². The molecule has 0 saturated heterocycles. The Hall–Kier alpha value is -5.59. The number of carbonyl (C=O) groups excluding carboxylic acids is 1. The average molecular weight is 639 g/mol. The van der Waals surface area contributed by atoms with Crippen LogP contribution in [0, 0.1) is 0 Å². The van der Waals surface area contributed by atoms with Gasteiger partial charge in [0.2, 0.25) is 0 Å². The maximum Gasteiger partial charge on any atom is 0.419 e. The number of aliphatic hydroxyl groups is 1. The van der Waals surface area contributed by atoms with Crippen LogP contribution in [0.15, 0.2) is 88.1 Å². The summed E-state index contributed by atoms with van der Waals surface area (Å²) in [4.78, 5) is 35.7. The van der Waals surface area contributed by atoms with Crippen molar-refractivity contribution in [3.8, 4) is 22.6 Å². The van der Waals surface area contributed by atoms with Crippen molar-refractivity contribution < 1.29 is 34.1 Å². The molecular formula is C35H34N4O8. The van der Waals surface area contributed by atoms with Crippen molar-refractivity contribution in [1.82, 2.24) is 9.88 Å². The molecule has 2 heterocycles. The number of benzene rings is 4. The number of anilines is 2. The van der Waals surface area contributed by atoms with Crippen molar-refractivity contribution in [2.24, 2.45) is 0 Å². The van der Waals surface area contributed by atoms with Gasteiger partial charge in [0.1, 0.15) is 11.4 Å². The Bertz CT molecular complexity index is 1990. The van der Waals surface area contributed by atoms with E-state index in [4.69, 9.17) is 9.15 Å². The van der Waals surface area contributed by atoms with Crippen LogP contribution in [0.25, 0.3) is 22.2 Å². The zero-order valence-electron chi connectivity index (χ0n) is 25.4. The highest BCUT2D eigenvalue weighted by atomic mass is 16.5. The van der Waals surface area contributed by atoms with Crippen molar-refractivity contribution >= 4 is 34.5 Å². The number of aromatic hydroxyl groups is 1. The Balaban J connectivity index is 1.04. The van der Waals surface area contributed by atoms with Gasteiger partial charge in [-0.1, -0.05) is 48.5 Å². The largest absolute Gasteiger partial charge is 0.506 e. The average Bonchev–Trinajstić information content (AvgIpc) is 3.37. The van der Waals surface area contributed by atoms with Gasteiger partial charge in [-0.15, -0.1) is 0 Å². The molecule has 47 heavy (non-hydrogen) atoms. The Kier molecular flexibility index (Phi) is 9.23. The van der Waals surface area contributed by atoms with Gasteiger partial charge in [-0.3, -0.25) is 14.7 Å². The Labute approximate surface area is 269 Å². The zero-order valence-corrected chi connectivity index (χ0v) is 25.4. The van der Waals surface area contributed by atoms with Crippen LogP contribution in [0.3, 0.4) is 0 Å². The third-order valence-corrected chi connectivity index (χ3v) is 8.04. The maximum absolute atomic E-state index is 12.7. The fraction of sp³-hybridized carbons (Fsp3) is 0.229. The van der Waals surface area contributed by atoms with E-state index in [0.717, 1.165) is 28.7 Å². The molecule has 1 aliphatic heterocycles. The van der Waals surface area contributed by atoms with Crippen LogP contribution in [0.5, 0.6) is 11.5 Å². The van der Waals surface area contributed by atoms with Gasteiger partial charge in [0.25, 0.3) is 5.91 Å². The van der Waals surface area contributed by atoms with E-state index in [0.29, 0.717) is 48.3 Å². The smallest absolute Gasteiger partial charge is 0.419 e. The molecule has 0 radical (unpaired) electrons. The summed E-state index contributed by atoms with van der Waals surface area (Å²) in [6.45, 7) is 0.823. The number of phenolic OH excluding ortho intramolecular Hbond substituents is 1. The number of nitrogens with one attached hydrogen (secondary N) is 3. The van der Waals surface area contributed by atoms with E-state index in [9.17, 15) is 29.7 Å². The number of rotatable bonds is 12. The number of aromatic nitrogens is 1. The van der Waals surface area contributed by atoms with Crippen LogP contribution in [0.1, 0.15) is 35.6 Å². The van der Waals surface area contributed by atoms with E-state index >= 15 is 0 Å². The number of carboxylic acid groups (broad SMARTS) is 1. The van der Waals surface area contributed by atoms with Gasteiger partial charge in [0.15, 0.2) is 17.9 Å². The number of hydrogen-bond acceptors (Lipinski definition) is 8. The molecule has 12 nitrogen and oxygen atoms in total. The number of phenols is 1. The number of ether oxygens (including phenoxy) is 1. The summed E-state index contributed by atoms with van der Waals surface area (Å²) in [5.74, 6) is -0.727. The van der Waals surface area contributed by atoms with E-state index < -0.39 is 18.0 Å². The van der Waals surface area contributed by atoms with Crippen molar-refractivity contribution in [2.75, 3.05) is 23.8 Å². The summed E-state index contributed by atoms with van der Waals surface area (Å²) in [5, 5.41) is 38.4. The van der Waals surface area contributed by atoms with Gasteiger partial charge in [-0.25, -0.2) is 9.59 Å². The zero-order chi connectivity index (χ0) is 32.9. The molecular weight excluding hydrogens is 604 g/mol. The molecule has 1 aliphatic rings.